The van der Waals surface area contributed by atoms with Crippen molar-refractivity contribution in [2.75, 3.05) is 6.61 Å². The Bertz CT molecular complexity index is 815. The fraction of sp³-hybridized carbons (Fsp3) is 0.417. The monoisotopic (exact) mass is 396 g/mol. The fourth-order valence-electron chi connectivity index (χ4n) is 3.04. The van der Waals surface area contributed by atoms with Crippen LogP contribution < -0.4 is 10.1 Å². The van der Waals surface area contributed by atoms with Crippen LogP contribution in [-0.4, -0.2) is 35.4 Å². The van der Waals surface area contributed by atoms with Crippen LogP contribution in [0, 0.1) is 6.92 Å². The molecule has 0 aliphatic heterocycles. The summed E-state index contributed by atoms with van der Waals surface area (Å²) in [7, 11) is 0. The van der Waals surface area contributed by atoms with Crippen molar-refractivity contribution in [2.24, 2.45) is 0 Å². The van der Waals surface area contributed by atoms with Gasteiger partial charge < -0.3 is 15.0 Å². The van der Waals surface area contributed by atoms with Gasteiger partial charge in [0.05, 0.1) is 0 Å². The van der Waals surface area contributed by atoms with Gasteiger partial charge in [0.2, 0.25) is 5.91 Å². The zero-order valence-corrected chi connectivity index (χ0v) is 18.1. The summed E-state index contributed by atoms with van der Waals surface area (Å²) in [6, 6.07) is 15.1. The van der Waals surface area contributed by atoms with Gasteiger partial charge in [-0.1, -0.05) is 48.9 Å². The average Bonchev–Trinajstić information content (AvgIpc) is 2.69. The number of aryl methyl sites for hydroxylation is 2. The Morgan fingerprint density at radius 2 is 1.72 bits per heavy atom. The second kappa shape index (κ2) is 10.6. The molecular formula is C24H32N2O3. The number of hydrogen-bond acceptors (Lipinski definition) is 3. The smallest absolute Gasteiger partial charge is 0.261 e. The van der Waals surface area contributed by atoms with Crippen molar-refractivity contribution in [2.45, 2.75) is 59.7 Å². The van der Waals surface area contributed by atoms with E-state index < -0.39 is 6.04 Å². The lowest BCUT2D eigenvalue weighted by atomic mass is 10.1. The second-order valence-electron chi connectivity index (χ2n) is 7.64. The zero-order valence-electron chi connectivity index (χ0n) is 18.1. The summed E-state index contributed by atoms with van der Waals surface area (Å²) in [5.74, 6) is 0.246. The predicted octanol–water partition coefficient (Wildman–Crippen LogP) is 3.88. The molecule has 0 saturated heterocycles. The third-order valence-electron chi connectivity index (χ3n) is 4.73. The fourth-order valence-corrected chi connectivity index (χ4v) is 3.04. The third kappa shape index (κ3) is 6.93. The standard InChI is InChI=1S/C24H32N2O3/c1-6-20-10-12-22(13-11-20)29-16-23(27)26(19(5)24(28)25-17(2)3)15-21-9-7-8-18(4)14-21/h7-14,17,19H,6,15-16H2,1-5H3,(H,25,28)/t19-/m0/s1. The molecule has 1 N–H and O–H groups in total. The number of rotatable bonds is 9. The molecule has 0 fully saturated rings. The highest BCUT2D eigenvalue weighted by Gasteiger charge is 2.26. The van der Waals surface area contributed by atoms with Crippen LogP contribution in [0.15, 0.2) is 48.5 Å². The molecule has 0 unspecified atom stereocenters. The SMILES string of the molecule is CCc1ccc(OCC(=O)N(Cc2cccc(C)c2)[C@@H](C)C(=O)NC(C)C)cc1. The van der Waals surface area contributed by atoms with Gasteiger partial charge >= 0.3 is 0 Å². The summed E-state index contributed by atoms with van der Waals surface area (Å²) < 4.78 is 5.70. The minimum absolute atomic E-state index is 0.00852. The van der Waals surface area contributed by atoms with E-state index in [0.29, 0.717) is 12.3 Å². The van der Waals surface area contributed by atoms with Crippen LogP contribution in [0.3, 0.4) is 0 Å². The number of ether oxygens (including phenoxy) is 1. The first kappa shape index (κ1) is 22.5. The minimum atomic E-state index is -0.600. The van der Waals surface area contributed by atoms with Gasteiger partial charge in [0.25, 0.3) is 5.91 Å². The Morgan fingerprint density at radius 3 is 2.31 bits per heavy atom. The normalized spacial score (nSPS) is 11.8. The molecule has 0 aliphatic carbocycles. The molecule has 5 nitrogen and oxygen atoms in total. The molecule has 156 valence electrons. The van der Waals surface area contributed by atoms with Crippen molar-refractivity contribution in [3.05, 3.63) is 65.2 Å². The maximum Gasteiger partial charge on any atom is 0.261 e. The maximum absolute atomic E-state index is 13.0. The Kier molecular flexibility index (Phi) is 8.25. The molecule has 29 heavy (non-hydrogen) atoms. The van der Waals surface area contributed by atoms with Gasteiger partial charge in [0.15, 0.2) is 6.61 Å². The summed E-state index contributed by atoms with van der Waals surface area (Å²) >= 11 is 0. The number of amides is 2. The van der Waals surface area contributed by atoms with E-state index in [1.807, 2.05) is 69.3 Å². The quantitative estimate of drug-likeness (QED) is 0.700. The van der Waals surface area contributed by atoms with Gasteiger partial charge in [-0.3, -0.25) is 9.59 Å². The summed E-state index contributed by atoms with van der Waals surface area (Å²) in [4.78, 5) is 27.1. The molecular weight excluding hydrogens is 364 g/mol. The molecule has 0 spiro atoms. The Hall–Kier alpha value is -2.82. The van der Waals surface area contributed by atoms with Crippen LogP contribution in [0.5, 0.6) is 5.75 Å². The van der Waals surface area contributed by atoms with E-state index in [9.17, 15) is 9.59 Å². The predicted molar refractivity (Wildman–Crippen MR) is 116 cm³/mol. The highest BCUT2D eigenvalue weighted by Crippen LogP contribution is 2.15. The molecule has 2 rings (SSSR count). The highest BCUT2D eigenvalue weighted by molar-refractivity contribution is 5.88. The number of carbonyl (C=O) groups excluding carboxylic acids is 2. The van der Waals surface area contributed by atoms with Gasteiger partial charge in [0, 0.05) is 12.6 Å². The molecule has 0 aliphatic rings. The Morgan fingerprint density at radius 1 is 1.03 bits per heavy atom. The van der Waals surface area contributed by atoms with Crippen LogP contribution in [0.1, 0.15) is 44.4 Å². The molecule has 0 bridgehead atoms. The summed E-state index contributed by atoms with van der Waals surface area (Å²) in [6.07, 6.45) is 0.950. The van der Waals surface area contributed by atoms with Crippen molar-refractivity contribution in [1.82, 2.24) is 10.2 Å². The molecule has 2 aromatic carbocycles. The lowest BCUT2D eigenvalue weighted by molar-refractivity contribution is -0.142. The minimum Gasteiger partial charge on any atom is -0.484 e. The van der Waals surface area contributed by atoms with E-state index in [-0.39, 0.29) is 24.5 Å². The molecule has 5 heteroatoms. The van der Waals surface area contributed by atoms with Gasteiger partial charge in [-0.2, -0.15) is 0 Å². The van der Waals surface area contributed by atoms with Crippen molar-refractivity contribution < 1.29 is 14.3 Å². The first-order valence-corrected chi connectivity index (χ1v) is 10.2. The van der Waals surface area contributed by atoms with Crippen LogP contribution in [-0.2, 0) is 22.6 Å². The Balaban J connectivity index is 2.13. The number of nitrogens with one attached hydrogen (secondary N) is 1. The first-order chi connectivity index (χ1) is 13.8. The van der Waals surface area contributed by atoms with Gasteiger partial charge in [-0.05, 0) is 57.4 Å². The van der Waals surface area contributed by atoms with E-state index >= 15 is 0 Å². The molecule has 0 radical (unpaired) electrons. The van der Waals surface area contributed by atoms with E-state index in [1.165, 1.54) is 5.56 Å². The molecule has 0 aromatic heterocycles. The second-order valence-corrected chi connectivity index (χ2v) is 7.64. The van der Waals surface area contributed by atoms with E-state index in [2.05, 4.69) is 12.2 Å². The molecule has 1 atom stereocenters. The zero-order chi connectivity index (χ0) is 21.4. The Labute approximate surface area is 174 Å². The van der Waals surface area contributed by atoms with E-state index in [4.69, 9.17) is 4.74 Å². The highest BCUT2D eigenvalue weighted by atomic mass is 16.5. The van der Waals surface area contributed by atoms with Crippen LogP contribution in [0.4, 0.5) is 0 Å². The van der Waals surface area contributed by atoms with Crippen molar-refractivity contribution >= 4 is 11.8 Å². The lowest BCUT2D eigenvalue weighted by Crippen LogP contribution is -2.50. The van der Waals surface area contributed by atoms with E-state index in [1.54, 1.807) is 11.8 Å². The molecule has 0 saturated carbocycles. The van der Waals surface area contributed by atoms with E-state index in [0.717, 1.165) is 17.5 Å². The topological polar surface area (TPSA) is 58.6 Å². The molecule has 2 aromatic rings. The van der Waals surface area contributed by atoms with Crippen LogP contribution >= 0.6 is 0 Å². The summed E-state index contributed by atoms with van der Waals surface area (Å²) in [5.41, 5.74) is 3.31. The number of benzene rings is 2. The largest absolute Gasteiger partial charge is 0.484 e. The first-order valence-electron chi connectivity index (χ1n) is 10.2. The average molecular weight is 397 g/mol. The van der Waals surface area contributed by atoms with Gasteiger partial charge in [0.1, 0.15) is 11.8 Å². The van der Waals surface area contributed by atoms with Crippen molar-refractivity contribution in [1.29, 1.82) is 0 Å². The third-order valence-corrected chi connectivity index (χ3v) is 4.73. The van der Waals surface area contributed by atoms with Crippen LogP contribution in [0.2, 0.25) is 0 Å². The number of hydrogen-bond donors (Lipinski definition) is 1. The number of carbonyl (C=O) groups is 2. The van der Waals surface area contributed by atoms with Gasteiger partial charge in [-0.25, -0.2) is 0 Å². The van der Waals surface area contributed by atoms with Crippen molar-refractivity contribution in [3.8, 4) is 5.75 Å². The van der Waals surface area contributed by atoms with Crippen LogP contribution in [0.25, 0.3) is 0 Å². The van der Waals surface area contributed by atoms with Gasteiger partial charge in [-0.15, -0.1) is 0 Å². The molecule has 0 heterocycles. The van der Waals surface area contributed by atoms with Crippen molar-refractivity contribution in [3.63, 3.8) is 0 Å². The summed E-state index contributed by atoms with van der Waals surface area (Å²) in [5, 5.41) is 2.89. The summed E-state index contributed by atoms with van der Waals surface area (Å²) in [6.45, 7) is 9.89. The lowest BCUT2D eigenvalue weighted by Gasteiger charge is -2.29. The molecule has 2 amide bonds. The maximum atomic E-state index is 13.0. The number of nitrogens with zero attached hydrogens (tertiary/aromatic N) is 1.